The molecular formula is C35H38FN3O4. The summed E-state index contributed by atoms with van der Waals surface area (Å²) >= 11 is 0. The summed E-state index contributed by atoms with van der Waals surface area (Å²) in [6.45, 7) is 6.59. The minimum atomic E-state index is -0.722. The van der Waals surface area contributed by atoms with E-state index in [1.54, 1.807) is 49.1 Å². The molecule has 5 rings (SSSR count). The van der Waals surface area contributed by atoms with Gasteiger partial charge in [-0.05, 0) is 61.6 Å². The van der Waals surface area contributed by atoms with Crippen LogP contribution in [-0.4, -0.2) is 53.3 Å². The molecule has 1 fully saturated rings. The first-order valence-electron chi connectivity index (χ1n) is 14.9. The molecule has 0 aliphatic carbocycles. The minimum Gasteiger partial charge on any atom is -0.463 e. The molecule has 2 amide bonds. The van der Waals surface area contributed by atoms with Gasteiger partial charge < -0.3 is 15.0 Å². The molecule has 0 saturated carbocycles. The van der Waals surface area contributed by atoms with E-state index in [9.17, 15) is 18.8 Å². The fourth-order valence-electron chi connectivity index (χ4n) is 5.99. The van der Waals surface area contributed by atoms with E-state index in [0.717, 1.165) is 38.0 Å². The van der Waals surface area contributed by atoms with Crippen LogP contribution in [0.4, 0.5) is 4.39 Å². The van der Waals surface area contributed by atoms with E-state index in [1.165, 1.54) is 11.6 Å². The van der Waals surface area contributed by atoms with Crippen molar-refractivity contribution in [1.82, 2.24) is 15.1 Å². The number of nitrogens with zero attached hydrogens (tertiary/aromatic N) is 2. The molecule has 43 heavy (non-hydrogen) atoms. The second-order valence-electron chi connectivity index (χ2n) is 11.2. The van der Waals surface area contributed by atoms with Crippen molar-refractivity contribution in [2.75, 3.05) is 19.7 Å². The maximum atomic E-state index is 14.7. The maximum Gasteiger partial charge on any atom is 0.336 e. The Hall–Kier alpha value is -4.30. The lowest BCUT2D eigenvalue weighted by Crippen LogP contribution is -2.44. The molecule has 2 aliphatic rings. The number of ether oxygens (including phenoxy) is 1. The average molecular weight is 584 g/mol. The molecule has 224 valence electrons. The van der Waals surface area contributed by atoms with E-state index in [0.29, 0.717) is 16.8 Å². The van der Waals surface area contributed by atoms with Crippen LogP contribution in [-0.2, 0) is 27.4 Å². The molecule has 1 saturated heterocycles. The monoisotopic (exact) mass is 583 g/mol. The summed E-state index contributed by atoms with van der Waals surface area (Å²) in [5.41, 5.74) is 3.70. The molecule has 0 spiro atoms. The fourth-order valence-corrected chi connectivity index (χ4v) is 5.99. The number of hydrogen-bond acceptors (Lipinski definition) is 5. The number of piperidine rings is 1. The fraction of sp³-hybridized carbons (Fsp3) is 0.343. The number of hydrogen-bond donors (Lipinski definition) is 1. The van der Waals surface area contributed by atoms with Crippen LogP contribution in [0.2, 0.25) is 0 Å². The van der Waals surface area contributed by atoms with Crippen molar-refractivity contribution in [1.29, 1.82) is 0 Å². The third kappa shape index (κ3) is 7.20. The van der Waals surface area contributed by atoms with E-state index in [-0.39, 0.29) is 43.0 Å². The van der Waals surface area contributed by atoms with Gasteiger partial charge >= 0.3 is 5.97 Å². The van der Waals surface area contributed by atoms with Crippen LogP contribution in [0.15, 0.2) is 90.1 Å². The van der Waals surface area contributed by atoms with Crippen molar-refractivity contribution in [2.24, 2.45) is 0 Å². The first-order valence-corrected chi connectivity index (χ1v) is 14.9. The van der Waals surface area contributed by atoms with Crippen LogP contribution in [0.1, 0.15) is 66.1 Å². The standard InChI is InChI=1S/C35H38FN3O4/c1-3-43-35(42)33-24(2)39(32(40)21-30(33)29-11-7-8-12-31(29)36)23-26-13-15-27(16-14-26)34(41)37-28-17-19-38(20-18-28)22-25-9-5-4-6-10-25/h4-16,28,30H,3,17-23H2,1-2H3,(H,37,41). The van der Waals surface area contributed by atoms with Gasteiger partial charge in [0.25, 0.3) is 5.91 Å². The Kier molecular flexibility index (Phi) is 9.67. The quantitative estimate of drug-likeness (QED) is 0.333. The van der Waals surface area contributed by atoms with Crippen LogP contribution in [0, 0.1) is 5.82 Å². The third-order valence-corrected chi connectivity index (χ3v) is 8.33. The highest BCUT2D eigenvalue weighted by Gasteiger charge is 2.38. The topological polar surface area (TPSA) is 79.0 Å². The lowest BCUT2D eigenvalue weighted by atomic mass is 9.83. The van der Waals surface area contributed by atoms with Crippen LogP contribution in [0.25, 0.3) is 0 Å². The number of allylic oxidation sites excluding steroid dienone is 1. The van der Waals surface area contributed by atoms with Crippen molar-refractivity contribution in [3.63, 3.8) is 0 Å². The molecule has 1 N–H and O–H groups in total. The highest BCUT2D eigenvalue weighted by molar-refractivity contribution is 5.96. The first-order chi connectivity index (χ1) is 20.8. The maximum absolute atomic E-state index is 14.7. The number of esters is 1. The van der Waals surface area contributed by atoms with E-state index in [4.69, 9.17) is 4.74 Å². The molecule has 1 atom stereocenters. The molecule has 3 aromatic rings. The van der Waals surface area contributed by atoms with Gasteiger partial charge in [-0.3, -0.25) is 14.5 Å². The third-order valence-electron chi connectivity index (χ3n) is 8.33. The molecule has 7 nitrogen and oxygen atoms in total. The summed E-state index contributed by atoms with van der Waals surface area (Å²) in [7, 11) is 0. The Labute approximate surface area is 252 Å². The van der Waals surface area contributed by atoms with Gasteiger partial charge in [-0.1, -0.05) is 60.7 Å². The van der Waals surface area contributed by atoms with E-state index >= 15 is 0 Å². The number of carbonyl (C=O) groups is 3. The van der Waals surface area contributed by atoms with Crippen molar-refractivity contribution in [2.45, 2.75) is 58.2 Å². The second-order valence-corrected chi connectivity index (χ2v) is 11.2. The predicted octanol–water partition coefficient (Wildman–Crippen LogP) is 5.57. The molecule has 2 heterocycles. The Morgan fingerprint density at radius 1 is 0.907 bits per heavy atom. The summed E-state index contributed by atoms with van der Waals surface area (Å²) in [5, 5.41) is 3.17. The lowest BCUT2D eigenvalue weighted by Gasteiger charge is -2.34. The first kappa shape index (κ1) is 30.2. The van der Waals surface area contributed by atoms with Gasteiger partial charge in [0.1, 0.15) is 5.82 Å². The summed E-state index contributed by atoms with van der Waals surface area (Å²) < 4.78 is 20.0. The van der Waals surface area contributed by atoms with E-state index in [1.807, 2.05) is 18.2 Å². The molecule has 0 radical (unpaired) electrons. The summed E-state index contributed by atoms with van der Waals surface area (Å²) in [4.78, 5) is 43.3. The number of rotatable bonds is 9. The van der Waals surface area contributed by atoms with Crippen LogP contribution < -0.4 is 5.32 Å². The van der Waals surface area contributed by atoms with Crippen molar-refractivity contribution in [3.05, 3.63) is 118 Å². The Balaban J connectivity index is 1.22. The van der Waals surface area contributed by atoms with Crippen LogP contribution in [0.3, 0.4) is 0 Å². The summed E-state index contributed by atoms with van der Waals surface area (Å²) in [6.07, 6.45) is 1.75. The largest absolute Gasteiger partial charge is 0.463 e. The van der Waals surface area contributed by atoms with Crippen LogP contribution in [0.5, 0.6) is 0 Å². The SMILES string of the molecule is CCOC(=O)C1=C(C)N(Cc2ccc(C(=O)NC3CCN(Cc4ccccc4)CC3)cc2)C(=O)CC1c1ccccc1F. The number of likely N-dealkylation sites (tertiary alicyclic amines) is 1. The highest BCUT2D eigenvalue weighted by Crippen LogP contribution is 2.38. The number of benzene rings is 3. The molecule has 2 aliphatic heterocycles. The second kappa shape index (κ2) is 13.8. The zero-order valence-electron chi connectivity index (χ0n) is 24.7. The van der Waals surface area contributed by atoms with Gasteiger partial charge in [0.05, 0.1) is 18.7 Å². The lowest BCUT2D eigenvalue weighted by molar-refractivity contribution is -0.140. The number of carbonyl (C=O) groups excluding carboxylic acids is 3. The van der Waals surface area contributed by atoms with Gasteiger partial charge in [-0.15, -0.1) is 0 Å². The summed E-state index contributed by atoms with van der Waals surface area (Å²) in [5.74, 6) is -2.06. The van der Waals surface area contributed by atoms with Gasteiger partial charge in [0.15, 0.2) is 0 Å². The molecule has 1 unspecified atom stereocenters. The van der Waals surface area contributed by atoms with Crippen molar-refractivity contribution < 1.29 is 23.5 Å². The average Bonchev–Trinajstić information content (AvgIpc) is 3.01. The minimum absolute atomic E-state index is 0.0446. The number of halogens is 1. The van der Waals surface area contributed by atoms with E-state index < -0.39 is 17.7 Å². The Morgan fingerprint density at radius 2 is 1.56 bits per heavy atom. The van der Waals surface area contributed by atoms with Gasteiger partial charge in [-0.2, -0.15) is 0 Å². The summed E-state index contributed by atoms with van der Waals surface area (Å²) in [6, 6.07) is 23.9. The normalized spacial score (nSPS) is 18.1. The van der Waals surface area contributed by atoms with Crippen molar-refractivity contribution in [3.8, 4) is 0 Å². The van der Waals surface area contributed by atoms with Crippen molar-refractivity contribution >= 4 is 17.8 Å². The molecular weight excluding hydrogens is 545 g/mol. The van der Waals surface area contributed by atoms with Crippen LogP contribution >= 0.6 is 0 Å². The van der Waals surface area contributed by atoms with E-state index in [2.05, 4.69) is 34.5 Å². The Bertz CT molecular complexity index is 1480. The zero-order chi connectivity index (χ0) is 30.3. The molecule has 0 aromatic heterocycles. The highest BCUT2D eigenvalue weighted by atomic mass is 19.1. The van der Waals surface area contributed by atoms with Gasteiger partial charge in [-0.25, -0.2) is 9.18 Å². The number of amides is 2. The van der Waals surface area contributed by atoms with Gasteiger partial charge in [0.2, 0.25) is 5.91 Å². The number of nitrogens with one attached hydrogen (secondary N) is 1. The molecule has 8 heteroatoms. The zero-order valence-corrected chi connectivity index (χ0v) is 24.7. The smallest absolute Gasteiger partial charge is 0.336 e. The molecule has 0 bridgehead atoms. The Morgan fingerprint density at radius 3 is 2.23 bits per heavy atom. The van der Waals surface area contributed by atoms with Gasteiger partial charge in [0, 0.05) is 49.3 Å². The predicted molar refractivity (Wildman–Crippen MR) is 162 cm³/mol. The molecule has 3 aromatic carbocycles.